The SMILES string of the molecule is CC(C)(C)C(=O)N1C(=O)CCC1C(C)(C)c1ccc(-c2ccccc2)cc1.CC(C)(C)OC(=O)N1C(=O)CCC1C(C)(C)c1ccc(-c2ccccc2)cc1.CC(C)(c1ccc(-c2ccccc2)cc1)C1CCC(=O)N1. The van der Waals surface area contributed by atoms with Crippen LogP contribution in [-0.2, 0) is 40.2 Å². The first kappa shape index (κ1) is 56.6. The summed E-state index contributed by atoms with van der Waals surface area (Å²) in [4.78, 5) is 64.9. The summed E-state index contributed by atoms with van der Waals surface area (Å²) < 4.78 is 5.50. The predicted molar refractivity (Wildman–Crippen MR) is 306 cm³/mol. The number of rotatable bonds is 9. The molecule has 9 heteroatoms. The molecule has 3 atom stereocenters. The molecule has 76 heavy (non-hydrogen) atoms. The van der Waals surface area contributed by atoms with Crippen molar-refractivity contribution in [1.82, 2.24) is 15.1 Å². The van der Waals surface area contributed by atoms with Crippen LogP contribution in [0.2, 0.25) is 0 Å². The molecule has 0 aliphatic carbocycles. The highest BCUT2D eigenvalue weighted by molar-refractivity contribution is 5.99. The fourth-order valence-electron chi connectivity index (χ4n) is 10.8. The number of carbonyl (C=O) groups excluding carboxylic acids is 5. The van der Waals surface area contributed by atoms with Crippen molar-refractivity contribution < 1.29 is 28.7 Å². The average molecular weight is 1020 g/mol. The standard InChI is InChI=1S/C24H29NO3.C24H29NO2.C19H21NO/c1-23(2,3)28-22(27)25-20(15-16-21(25)26)24(4,5)19-13-11-18(12-14-19)17-9-7-6-8-10-17;1-23(2,3)22(27)25-20(15-16-21(25)26)24(4,5)19-13-11-18(12-14-19)17-9-7-6-8-10-17;1-19(2,17-12-13-18(21)20-17)16-10-8-15(9-11-16)14-6-4-3-5-7-14/h6-14,20H,15-16H2,1-5H3;6-14,20H,15-16H2,1-5H3;3-11,17H,12-13H2,1-2H3,(H,20,21). The molecule has 3 unspecified atom stereocenters. The molecule has 6 aromatic rings. The van der Waals surface area contributed by atoms with Crippen molar-refractivity contribution in [2.24, 2.45) is 5.41 Å². The molecule has 1 N–H and O–H groups in total. The zero-order chi connectivity index (χ0) is 55.2. The number of likely N-dealkylation sites (tertiary alicyclic amines) is 2. The number of nitrogens with one attached hydrogen (secondary N) is 1. The Balaban J connectivity index is 0.000000168. The van der Waals surface area contributed by atoms with E-state index < -0.39 is 17.1 Å². The van der Waals surface area contributed by atoms with Gasteiger partial charge in [0.25, 0.3) is 0 Å². The van der Waals surface area contributed by atoms with E-state index in [1.54, 1.807) is 0 Å². The molecule has 3 fully saturated rings. The Morgan fingerprint density at radius 3 is 1.08 bits per heavy atom. The summed E-state index contributed by atoms with van der Waals surface area (Å²) in [5, 5.41) is 3.10. The fourth-order valence-corrected chi connectivity index (χ4v) is 10.8. The second-order valence-electron chi connectivity index (χ2n) is 24.3. The molecule has 5 amide bonds. The van der Waals surface area contributed by atoms with E-state index >= 15 is 0 Å². The van der Waals surface area contributed by atoms with Gasteiger partial charge in [-0.2, -0.15) is 0 Å². The Bertz CT molecular complexity index is 2950. The highest BCUT2D eigenvalue weighted by Crippen LogP contribution is 2.41. The lowest BCUT2D eigenvalue weighted by Crippen LogP contribution is -2.51. The van der Waals surface area contributed by atoms with Gasteiger partial charge in [-0.3, -0.25) is 24.1 Å². The predicted octanol–water partition coefficient (Wildman–Crippen LogP) is 14.7. The third kappa shape index (κ3) is 13.1. The van der Waals surface area contributed by atoms with Gasteiger partial charge in [0.05, 0.1) is 6.04 Å². The number of nitrogens with zero attached hydrogens (tertiary/aromatic N) is 2. The largest absolute Gasteiger partial charge is 0.443 e. The normalized spacial score (nSPS) is 18.1. The molecule has 0 bridgehead atoms. The quantitative estimate of drug-likeness (QED) is 0.154. The molecule has 9 nitrogen and oxygen atoms in total. The zero-order valence-corrected chi connectivity index (χ0v) is 46.9. The molecule has 0 spiro atoms. The fraction of sp³-hybridized carbons (Fsp3) is 0.388. The van der Waals surface area contributed by atoms with Gasteiger partial charge in [-0.05, 0) is 90.1 Å². The monoisotopic (exact) mass is 1020 g/mol. The number of hydrogen-bond acceptors (Lipinski definition) is 6. The Kier molecular flexibility index (Phi) is 17.1. The number of hydrogen-bond donors (Lipinski definition) is 1. The van der Waals surface area contributed by atoms with Crippen LogP contribution in [-0.4, -0.2) is 63.2 Å². The maximum Gasteiger partial charge on any atom is 0.417 e. The van der Waals surface area contributed by atoms with Crippen molar-refractivity contribution in [1.29, 1.82) is 0 Å². The summed E-state index contributed by atoms with van der Waals surface area (Å²) in [5.74, 6) is -0.111. The van der Waals surface area contributed by atoms with Crippen LogP contribution in [0.25, 0.3) is 33.4 Å². The third-order valence-corrected chi connectivity index (χ3v) is 15.6. The maximum atomic E-state index is 12.9. The van der Waals surface area contributed by atoms with Crippen molar-refractivity contribution >= 4 is 29.7 Å². The van der Waals surface area contributed by atoms with Crippen molar-refractivity contribution in [3.05, 3.63) is 180 Å². The molecule has 9 rings (SSSR count). The van der Waals surface area contributed by atoms with E-state index in [0.717, 1.165) is 23.1 Å². The molecular weight excluding hydrogens is 943 g/mol. The van der Waals surface area contributed by atoms with Crippen LogP contribution in [0.3, 0.4) is 0 Å². The van der Waals surface area contributed by atoms with Gasteiger partial charge in [0.1, 0.15) is 5.60 Å². The summed E-state index contributed by atoms with van der Waals surface area (Å²) in [7, 11) is 0. The van der Waals surface area contributed by atoms with Gasteiger partial charge in [0, 0.05) is 53.0 Å². The van der Waals surface area contributed by atoms with Gasteiger partial charge in [0.15, 0.2) is 0 Å². The minimum atomic E-state index is -0.633. The molecule has 398 valence electrons. The highest BCUT2D eigenvalue weighted by atomic mass is 16.6. The summed E-state index contributed by atoms with van der Waals surface area (Å²) in [6.07, 6.45) is 3.20. The Morgan fingerprint density at radius 1 is 0.421 bits per heavy atom. The molecule has 0 aromatic heterocycles. The summed E-state index contributed by atoms with van der Waals surface area (Å²) in [5.41, 5.74) is 8.72. The van der Waals surface area contributed by atoms with Crippen molar-refractivity contribution in [2.45, 2.75) is 162 Å². The van der Waals surface area contributed by atoms with Gasteiger partial charge in [-0.25, -0.2) is 9.69 Å². The summed E-state index contributed by atoms with van der Waals surface area (Å²) in [6.45, 7) is 23.9. The number of ether oxygens (including phenoxy) is 1. The first-order valence-electron chi connectivity index (χ1n) is 27.0. The zero-order valence-electron chi connectivity index (χ0n) is 46.9. The van der Waals surface area contributed by atoms with Gasteiger partial charge in [0.2, 0.25) is 23.6 Å². The van der Waals surface area contributed by atoms with Crippen LogP contribution >= 0.6 is 0 Å². The van der Waals surface area contributed by atoms with Crippen LogP contribution in [0.15, 0.2) is 164 Å². The molecular formula is C67H79N3O6. The van der Waals surface area contributed by atoms with Gasteiger partial charge >= 0.3 is 6.09 Å². The van der Waals surface area contributed by atoms with E-state index in [1.165, 1.54) is 43.2 Å². The van der Waals surface area contributed by atoms with E-state index in [-0.39, 0.29) is 58.0 Å². The molecule has 3 aliphatic rings. The van der Waals surface area contributed by atoms with Crippen LogP contribution in [0.4, 0.5) is 4.79 Å². The highest BCUT2D eigenvalue weighted by Gasteiger charge is 2.48. The van der Waals surface area contributed by atoms with Crippen LogP contribution in [0, 0.1) is 5.41 Å². The van der Waals surface area contributed by atoms with E-state index in [1.807, 2.05) is 84.0 Å². The second kappa shape index (κ2) is 23.0. The molecule has 3 aliphatic heterocycles. The minimum absolute atomic E-state index is 0.0403. The van der Waals surface area contributed by atoms with Crippen molar-refractivity contribution in [3.63, 3.8) is 0 Å². The average Bonchev–Trinajstić information content (AvgIpc) is 4.15. The van der Waals surface area contributed by atoms with Gasteiger partial charge < -0.3 is 10.1 Å². The molecule has 0 saturated carbocycles. The van der Waals surface area contributed by atoms with E-state index in [9.17, 15) is 24.0 Å². The molecule has 3 saturated heterocycles. The van der Waals surface area contributed by atoms with Crippen LogP contribution in [0.5, 0.6) is 0 Å². The van der Waals surface area contributed by atoms with E-state index in [2.05, 4.69) is 168 Å². The number of imide groups is 2. The Hall–Kier alpha value is -7.13. The van der Waals surface area contributed by atoms with E-state index in [4.69, 9.17) is 4.74 Å². The molecule has 0 radical (unpaired) electrons. The van der Waals surface area contributed by atoms with Crippen molar-refractivity contribution in [3.8, 4) is 33.4 Å². The molecule has 3 heterocycles. The minimum Gasteiger partial charge on any atom is -0.443 e. The van der Waals surface area contributed by atoms with Crippen LogP contribution < -0.4 is 5.32 Å². The second-order valence-corrected chi connectivity index (χ2v) is 24.3. The lowest BCUT2D eigenvalue weighted by Gasteiger charge is -2.39. The summed E-state index contributed by atoms with van der Waals surface area (Å²) >= 11 is 0. The lowest BCUT2D eigenvalue weighted by molar-refractivity contribution is -0.150. The molecule has 6 aromatic carbocycles. The lowest BCUT2D eigenvalue weighted by atomic mass is 9.75. The Labute approximate surface area is 452 Å². The van der Waals surface area contributed by atoms with Crippen LogP contribution in [0.1, 0.15) is 138 Å². The van der Waals surface area contributed by atoms with Gasteiger partial charge in [-0.1, -0.05) is 226 Å². The Morgan fingerprint density at radius 2 is 0.750 bits per heavy atom. The topological polar surface area (TPSA) is 113 Å². The first-order chi connectivity index (χ1) is 35.8. The number of benzene rings is 6. The summed E-state index contributed by atoms with van der Waals surface area (Å²) in [6, 6.07) is 56.4. The number of amides is 5. The number of carbonyl (C=O) groups is 5. The van der Waals surface area contributed by atoms with Crippen molar-refractivity contribution in [2.75, 3.05) is 0 Å². The van der Waals surface area contributed by atoms with E-state index in [0.29, 0.717) is 32.1 Å². The third-order valence-electron chi connectivity index (χ3n) is 15.6. The first-order valence-corrected chi connectivity index (χ1v) is 27.0. The maximum absolute atomic E-state index is 12.9. The van der Waals surface area contributed by atoms with Gasteiger partial charge in [-0.15, -0.1) is 0 Å². The smallest absolute Gasteiger partial charge is 0.417 e.